The number of nitrogens with one attached hydrogen (secondary N) is 1. The summed E-state index contributed by atoms with van der Waals surface area (Å²) in [6.07, 6.45) is 1.53. The third-order valence-corrected chi connectivity index (χ3v) is 2.73. The Hall–Kier alpha value is -2.47. The van der Waals surface area contributed by atoms with Crippen LogP contribution in [-0.2, 0) is 0 Å². The van der Waals surface area contributed by atoms with Gasteiger partial charge in [-0.2, -0.15) is 0 Å². The molecule has 0 saturated carbocycles. The summed E-state index contributed by atoms with van der Waals surface area (Å²) >= 11 is 0. The summed E-state index contributed by atoms with van der Waals surface area (Å²) in [4.78, 5) is 20.1. The van der Waals surface area contributed by atoms with Gasteiger partial charge in [0.2, 0.25) is 0 Å². The van der Waals surface area contributed by atoms with E-state index in [9.17, 15) is 4.79 Å². The standard InChI is InChI=1S/C14H16N4O2/c1-9-3-2-4-10(7-9)11-8-17-13(15)12(18-11)14(20)16-5-6-19/h2-4,7-8,19H,5-6H2,1H3,(H2,15,17)(H,16,20). The number of aliphatic hydroxyl groups is 1. The number of aryl methyl sites for hydroxylation is 1. The highest BCUT2D eigenvalue weighted by Gasteiger charge is 2.14. The number of amides is 1. The number of aromatic nitrogens is 2. The Balaban J connectivity index is 2.35. The fourth-order valence-corrected chi connectivity index (χ4v) is 1.76. The number of anilines is 1. The zero-order chi connectivity index (χ0) is 14.5. The molecule has 1 amide bonds. The molecule has 0 aliphatic carbocycles. The van der Waals surface area contributed by atoms with Crippen LogP contribution < -0.4 is 11.1 Å². The lowest BCUT2D eigenvalue weighted by atomic mass is 10.1. The second-order valence-electron chi connectivity index (χ2n) is 4.34. The monoisotopic (exact) mass is 272 g/mol. The molecule has 6 heteroatoms. The van der Waals surface area contributed by atoms with Gasteiger partial charge in [-0.25, -0.2) is 9.97 Å². The summed E-state index contributed by atoms with van der Waals surface area (Å²) in [6.45, 7) is 1.98. The fourth-order valence-electron chi connectivity index (χ4n) is 1.76. The minimum atomic E-state index is -0.446. The van der Waals surface area contributed by atoms with E-state index >= 15 is 0 Å². The number of aliphatic hydroxyl groups excluding tert-OH is 1. The molecule has 0 aliphatic heterocycles. The second kappa shape index (κ2) is 6.12. The largest absolute Gasteiger partial charge is 0.395 e. The number of carbonyl (C=O) groups excluding carboxylic acids is 1. The van der Waals surface area contributed by atoms with Crippen molar-refractivity contribution in [1.82, 2.24) is 15.3 Å². The Labute approximate surface area is 116 Å². The molecule has 6 nitrogen and oxygen atoms in total. The van der Waals surface area contributed by atoms with E-state index in [0.717, 1.165) is 11.1 Å². The molecule has 0 bridgehead atoms. The van der Waals surface area contributed by atoms with Crippen molar-refractivity contribution in [2.45, 2.75) is 6.92 Å². The van der Waals surface area contributed by atoms with E-state index in [1.165, 1.54) is 6.20 Å². The maximum absolute atomic E-state index is 11.9. The van der Waals surface area contributed by atoms with Gasteiger partial charge in [-0.05, 0) is 13.0 Å². The second-order valence-corrected chi connectivity index (χ2v) is 4.34. The predicted molar refractivity (Wildman–Crippen MR) is 76.0 cm³/mol. The lowest BCUT2D eigenvalue weighted by molar-refractivity contribution is 0.0940. The van der Waals surface area contributed by atoms with Crippen molar-refractivity contribution < 1.29 is 9.90 Å². The summed E-state index contributed by atoms with van der Waals surface area (Å²) in [7, 11) is 0. The Morgan fingerprint density at radius 2 is 2.25 bits per heavy atom. The summed E-state index contributed by atoms with van der Waals surface area (Å²) in [5.41, 5.74) is 8.28. The van der Waals surface area contributed by atoms with Crippen LogP contribution >= 0.6 is 0 Å². The van der Waals surface area contributed by atoms with E-state index in [1.54, 1.807) is 0 Å². The van der Waals surface area contributed by atoms with Gasteiger partial charge in [0, 0.05) is 12.1 Å². The summed E-state index contributed by atoms with van der Waals surface area (Å²) < 4.78 is 0. The van der Waals surface area contributed by atoms with Crippen LogP contribution in [0.5, 0.6) is 0 Å². The molecule has 0 fully saturated rings. The van der Waals surface area contributed by atoms with Crippen molar-refractivity contribution in [3.8, 4) is 11.3 Å². The maximum atomic E-state index is 11.9. The lowest BCUT2D eigenvalue weighted by Crippen LogP contribution is -2.28. The van der Waals surface area contributed by atoms with Gasteiger partial charge in [0.15, 0.2) is 11.5 Å². The van der Waals surface area contributed by atoms with E-state index in [2.05, 4.69) is 15.3 Å². The Morgan fingerprint density at radius 1 is 1.45 bits per heavy atom. The molecule has 2 aromatic rings. The third-order valence-electron chi connectivity index (χ3n) is 2.73. The summed E-state index contributed by atoms with van der Waals surface area (Å²) in [5, 5.41) is 11.2. The molecular formula is C14H16N4O2. The first-order valence-electron chi connectivity index (χ1n) is 6.20. The number of hydrogen-bond donors (Lipinski definition) is 3. The van der Waals surface area contributed by atoms with Crippen molar-refractivity contribution in [1.29, 1.82) is 0 Å². The average Bonchev–Trinajstić information content (AvgIpc) is 2.45. The van der Waals surface area contributed by atoms with E-state index in [0.29, 0.717) is 5.69 Å². The smallest absolute Gasteiger partial charge is 0.273 e. The highest BCUT2D eigenvalue weighted by Crippen LogP contribution is 2.19. The van der Waals surface area contributed by atoms with Gasteiger partial charge in [-0.15, -0.1) is 0 Å². The molecule has 0 atom stereocenters. The number of carbonyl (C=O) groups is 1. The topological polar surface area (TPSA) is 101 Å². The third kappa shape index (κ3) is 3.10. The number of nitrogens with zero attached hydrogens (tertiary/aromatic N) is 2. The van der Waals surface area contributed by atoms with Gasteiger partial charge in [-0.1, -0.05) is 23.8 Å². The highest BCUT2D eigenvalue weighted by molar-refractivity contribution is 5.96. The first-order chi connectivity index (χ1) is 9.61. The molecule has 20 heavy (non-hydrogen) atoms. The van der Waals surface area contributed by atoms with E-state index in [4.69, 9.17) is 10.8 Å². The zero-order valence-corrected chi connectivity index (χ0v) is 11.1. The first-order valence-corrected chi connectivity index (χ1v) is 6.20. The van der Waals surface area contributed by atoms with Crippen molar-refractivity contribution >= 4 is 11.7 Å². The molecule has 0 spiro atoms. The van der Waals surface area contributed by atoms with Crippen LogP contribution in [0.4, 0.5) is 5.82 Å². The minimum Gasteiger partial charge on any atom is -0.395 e. The summed E-state index contributed by atoms with van der Waals surface area (Å²) in [5.74, 6) is -0.379. The molecule has 1 aromatic heterocycles. The molecule has 104 valence electrons. The van der Waals surface area contributed by atoms with Gasteiger partial charge in [0.25, 0.3) is 5.91 Å². The fraction of sp³-hybridized carbons (Fsp3) is 0.214. The van der Waals surface area contributed by atoms with E-state index in [-0.39, 0.29) is 24.7 Å². The van der Waals surface area contributed by atoms with Crippen molar-refractivity contribution in [3.63, 3.8) is 0 Å². The Bertz CT molecular complexity index is 628. The molecule has 1 aromatic carbocycles. The molecule has 2 rings (SSSR count). The van der Waals surface area contributed by atoms with Crippen molar-refractivity contribution in [3.05, 3.63) is 41.7 Å². The van der Waals surface area contributed by atoms with Gasteiger partial charge in [0.1, 0.15) is 0 Å². The van der Waals surface area contributed by atoms with Crippen LogP contribution in [0, 0.1) is 6.92 Å². The molecule has 0 saturated heterocycles. The predicted octanol–water partition coefficient (Wildman–Crippen LogP) is 0.756. The molecule has 1 heterocycles. The zero-order valence-electron chi connectivity index (χ0n) is 11.1. The van der Waals surface area contributed by atoms with E-state index < -0.39 is 5.91 Å². The number of hydrogen-bond acceptors (Lipinski definition) is 5. The quantitative estimate of drug-likeness (QED) is 0.762. The van der Waals surface area contributed by atoms with Crippen LogP contribution in [0.2, 0.25) is 0 Å². The number of rotatable bonds is 4. The minimum absolute atomic E-state index is 0.0665. The molecular weight excluding hydrogens is 256 g/mol. The van der Waals surface area contributed by atoms with Gasteiger partial charge >= 0.3 is 0 Å². The Kier molecular flexibility index (Phi) is 4.27. The van der Waals surface area contributed by atoms with Crippen molar-refractivity contribution in [2.75, 3.05) is 18.9 Å². The van der Waals surface area contributed by atoms with Gasteiger partial charge in [-0.3, -0.25) is 4.79 Å². The summed E-state index contributed by atoms with van der Waals surface area (Å²) in [6, 6.07) is 7.73. The number of nitrogen functional groups attached to an aromatic ring is 1. The van der Waals surface area contributed by atoms with E-state index in [1.807, 2.05) is 31.2 Å². The SMILES string of the molecule is Cc1cccc(-c2cnc(N)c(C(=O)NCCO)n2)c1. The first kappa shape index (κ1) is 14.0. The van der Waals surface area contributed by atoms with Crippen LogP contribution in [0.15, 0.2) is 30.5 Å². The van der Waals surface area contributed by atoms with Crippen LogP contribution in [0.25, 0.3) is 11.3 Å². The van der Waals surface area contributed by atoms with Gasteiger partial charge in [0.05, 0.1) is 18.5 Å². The molecule has 0 radical (unpaired) electrons. The molecule has 4 N–H and O–H groups in total. The molecule has 0 unspecified atom stereocenters. The van der Waals surface area contributed by atoms with Gasteiger partial charge < -0.3 is 16.2 Å². The number of nitrogens with two attached hydrogens (primary N) is 1. The number of benzene rings is 1. The highest BCUT2D eigenvalue weighted by atomic mass is 16.3. The Morgan fingerprint density at radius 3 is 2.95 bits per heavy atom. The van der Waals surface area contributed by atoms with Crippen molar-refractivity contribution in [2.24, 2.45) is 0 Å². The lowest BCUT2D eigenvalue weighted by Gasteiger charge is -2.07. The average molecular weight is 272 g/mol. The van der Waals surface area contributed by atoms with Crippen LogP contribution in [0.3, 0.4) is 0 Å². The maximum Gasteiger partial charge on any atom is 0.273 e. The normalized spacial score (nSPS) is 10.3. The molecule has 0 aliphatic rings. The van der Waals surface area contributed by atoms with Crippen LogP contribution in [0.1, 0.15) is 16.1 Å². The van der Waals surface area contributed by atoms with Crippen LogP contribution in [-0.4, -0.2) is 34.1 Å².